The van der Waals surface area contributed by atoms with Crippen molar-refractivity contribution in [3.8, 4) is 0 Å². The molecule has 0 amide bonds. The highest BCUT2D eigenvalue weighted by Gasteiger charge is 2.23. The molecule has 0 saturated carbocycles. The van der Waals surface area contributed by atoms with Gasteiger partial charge in [-0.2, -0.15) is 0 Å². The number of anilines is 1. The SMILES string of the molecule is NC(c1ccccc1N1CCOCC1)C(F)F. The third kappa shape index (κ3) is 2.73. The van der Waals surface area contributed by atoms with Gasteiger partial charge in [-0.25, -0.2) is 8.78 Å². The minimum Gasteiger partial charge on any atom is -0.378 e. The van der Waals surface area contributed by atoms with Crippen LogP contribution in [0.5, 0.6) is 0 Å². The summed E-state index contributed by atoms with van der Waals surface area (Å²) in [6.45, 7) is 2.68. The van der Waals surface area contributed by atoms with Crippen molar-refractivity contribution in [2.45, 2.75) is 12.5 Å². The van der Waals surface area contributed by atoms with E-state index in [2.05, 4.69) is 0 Å². The van der Waals surface area contributed by atoms with Gasteiger partial charge in [-0.3, -0.25) is 0 Å². The molecular weight excluding hydrogens is 226 g/mol. The molecule has 5 heteroatoms. The summed E-state index contributed by atoms with van der Waals surface area (Å²) >= 11 is 0. The van der Waals surface area contributed by atoms with Crippen molar-refractivity contribution >= 4 is 5.69 Å². The maximum Gasteiger partial charge on any atom is 0.257 e. The highest BCUT2D eigenvalue weighted by Crippen LogP contribution is 2.28. The molecule has 1 aromatic carbocycles. The third-order valence-electron chi connectivity index (χ3n) is 2.92. The van der Waals surface area contributed by atoms with Crippen LogP contribution in [0.1, 0.15) is 11.6 Å². The zero-order valence-corrected chi connectivity index (χ0v) is 9.48. The molecule has 1 unspecified atom stereocenters. The van der Waals surface area contributed by atoms with Gasteiger partial charge in [0.15, 0.2) is 0 Å². The summed E-state index contributed by atoms with van der Waals surface area (Å²) in [5.41, 5.74) is 6.84. The molecule has 0 aliphatic carbocycles. The monoisotopic (exact) mass is 242 g/mol. The second kappa shape index (κ2) is 5.42. The Hall–Kier alpha value is -1.20. The maximum absolute atomic E-state index is 12.7. The molecule has 1 fully saturated rings. The first-order chi connectivity index (χ1) is 8.20. The summed E-state index contributed by atoms with van der Waals surface area (Å²) < 4.78 is 30.6. The van der Waals surface area contributed by atoms with Crippen LogP contribution >= 0.6 is 0 Å². The van der Waals surface area contributed by atoms with E-state index >= 15 is 0 Å². The van der Waals surface area contributed by atoms with Crippen LogP contribution in [0.2, 0.25) is 0 Å². The van der Waals surface area contributed by atoms with Gasteiger partial charge in [0.25, 0.3) is 6.43 Å². The number of hydrogen-bond donors (Lipinski definition) is 1. The highest BCUT2D eigenvalue weighted by molar-refractivity contribution is 5.55. The van der Waals surface area contributed by atoms with E-state index < -0.39 is 12.5 Å². The molecule has 2 N–H and O–H groups in total. The first-order valence-electron chi connectivity index (χ1n) is 5.65. The molecule has 1 heterocycles. The van der Waals surface area contributed by atoms with Crippen molar-refractivity contribution in [2.24, 2.45) is 5.73 Å². The number of hydrogen-bond acceptors (Lipinski definition) is 3. The molecule has 17 heavy (non-hydrogen) atoms. The predicted molar refractivity (Wildman–Crippen MR) is 62.4 cm³/mol. The van der Waals surface area contributed by atoms with Gasteiger partial charge < -0.3 is 15.4 Å². The lowest BCUT2D eigenvalue weighted by molar-refractivity contribution is 0.114. The lowest BCUT2D eigenvalue weighted by Gasteiger charge is -2.31. The van der Waals surface area contributed by atoms with Gasteiger partial charge in [0, 0.05) is 18.8 Å². The lowest BCUT2D eigenvalue weighted by Crippen LogP contribution is -2.37. The number of morpholine rings is 1. The number of nitrogens with two attached hydrogens (primary N) is 1. The standard InChI is InChI=1S/C12H16F2N2O/c13-12(14)11(15)9-3-1-2-4-10(9)16-5-7-17-8-6-16/h1-4,11-12H,5-8,15H2. The highest BCUT2D eigenvalue weighted by atomic mass is 19.3. The molecule has 1 aliphatic rings. The summed E-state index contributed by atoms with van der Waals surface area (Å²) in [4.78, 5) is 2.04. The number of rotatable bonds is 3. The van der Waals surface area contributed by atoms with Gasteiger partial charge in [0.05, 0.1) is 19.3 Å². The number of halogens is 2. The van der Waals surface area contributed by atoms with Crippen molar-refractivity contribution in [3.05, 3.63) is 29.8 Å². The number of nitrogens with zero attached hydrogens (tertiary/aromatic N) is 1. The number of para-hydroxylation sites is 1. The molecule has 0 radical (unpaired) electrons. The summed E-state index contributed by atoms with van der Waals surface area (Å²) in [7, 11) is 0. The Labute approximate surface area is 99.2 Å². The van der Waals surface area contributed by atoms with Crippen molar-refractivity contribution in [1.82, 2.24) is 0 Å². The zero-order chi connectivity index (χ0) is 12.3. The first kappa shape index (κ1) is 12.3. The van der Waals surface area contributed by atoms with E-state index in [1.165, 1.54) is 0 Å². The van der Waals surface area contributed by atoms with Crippen LogP contribution in [0.3, 0.4) is 0 Å². The second-order valence-corrected chi connectivity index (χ2v) is 4.02. The lowest BCUT2D eigenvalue weighted by atomic mass is 10.0. The summed E-state index contributed by atoms with van der Waals surface area (Å²) in [5, 5.41) is 0. The summed E-state index contributed by atoms with van der Waals surface area (Å²) in [6, 6.07) is 5.85. The molecule has 1 atom stereocenters. The number of alkyl halides is 2. The Bertz CT molecular complexity index is 367. The van der Waals surface area contributed by atoms with Crippen molar-refractivity contribution in [1.29, 1.82) is 0 Å². The van der Waals surface area contributed by atoms with Gasteiger partial charge >= 0.3 is 0 Å². The van der Waals surface area contributed by atoms with Crippen molar-refractivity contribution in [2.75, 3.05) is 31.2 Å². The van der Waals surface area contributed by atoms with E-state index in [0.717, 1.165) is 5.69 Å². The Kier molecular flexibility index (Phi) is 3.91. The summed E-state index contributed by atoms with van der Waals surface area (Å²) in [6.07, 6.45) is -2.54. The van der Waals surface area contributed by atoms with Gasteiger partial charge in [0.2, 0.25) is 0 Å². The van der Waals surface area contributed by atoms with Crippen molar-refractivity contribution < 1.29 is 13.5 Å². The third-order valence-corrected chi connectivity index (χ3v) is 2.92. The molecule has 2 rings (SSSR count). The quantitative estimate of drug-likeness (QED) is 0.878. The Morgan fingerprint density at radius 2 is 1.82 bits per heavy atom. The normalized spacial score (nSPS) is 18.5. The smallest absolute Gasteiger partial charge is 0.257 e. The average molecular weight is 242 g/mol. The van der Waals surface area contributed by atoms with Gasteiger partial charge in [-0.1, -0.05) is 18.2 Å². The topological polar surface area (TPSA) is 38.5 Å². The molecule has 94 valence electrons. The van der Waals surface area contributed by atoms with Crippen LogP contribution in [-0.2, 0) is 4.74 Å². The molecule has 1 aliphatic heterocycles. The minimum absolute atomic E-state index is 0.504. The van der Waals surface area contributed by atoms with Crippen LogP contribution in [0.4, 0.5) is 14.5 Å². The van der Waals surface area contributed by atoms with E-state index in [1.807, 2.05) is 17.0 Å². The molecule has 0 spiro atoms. The van der Waals surface area contributed by atoms with Crippen LogP contribution in [0.25, 0.3) is 0 Å². The molecule has 1 saturated heterocycles. The van der Waals surface area contributed by atoms with E-state index in [-0.39, 0.29) is 0 Å². The van der Waals surface area contributed by atoms with Crippen molar-refractivity contribution in [3.63, 3.8) is 0 Å². The van der Waals surface area contributed by atoms with E-state index in [1.54, 1.807) is 12.1 Å². The Morgan fingerprint density at radius 1 is 1.18 bits per heavy atom. The van der Waals surface area contributed by atoms with Crippen LogP contribution in [0.15, 0.2) is 24.3 Å². The summed E-state index contributed by atoms with van der Waals surface area (Å²) in [5.74, 6) is 0. The van der Waals surface area contributed by atoms with Gasteiger partial charge in [-0.05, 0) is 11.6 Å². The van der Waals surface area contributed by atoms with E-state index in [0.29, 0.717) is 31.9 Å². The minimum atomic E-state index is -2.54. The fourth-order valence-electron chi connectivity index (χ4n) is 2.00. The zero-order valence-electron chi connectivity index (χ0n) is 9.48. The van der Waals surface area contributed by atoms with E-state index in [9.17, 15) is 8.78 Å². The first-order valence-corrected chi connectivity index (χ1v) is 5.65. The molecule has 1 aromatic rings. The van der Waals surface area contributed by atoms with Gasteiger partial charge in [0.1, 0.15) is 0 Å². The Morgan fingerprint density at radius 3 is 2.47 bits per heavy atom. The fraction of sp³-hybridized carbons (Fsp3) is 0.500. The van der Waals surface area contributed by atoms with Crippen LogP contribution in [0, 0.1) is 0 Å². The largest absolute Gasteiger partial charge is 0.378 e. The van der Waals surface area contributed by atoms with Crippen LogP contribution < -0.4 is 10.6 Å². The maximum atomic E-state index is 12.7. The number of benzene rings is 1. The molecule has 0 aromatic heterocycles. The Balaban J connectivity index is 2.26. The molecular formula is C12H16F2N2O. The fourth-order valence-corrected chi connectivity index (χ4v) is 2.00. The number of ether oxygens (including phenoxy) is 1. The average Bonchev–Trinajstić information content (AvgIpc) is 2.39. The molecule has 3 nitrogen and oxygen atoms in total. The second-order valence-electron chi connectivity index (χ2n) is 4.02. The van der Waals surface area contributed by atoms with Gasteiger partial charge in [-0.15, -0.1) is 0 Å². The van der Waals surface area contributed by atoms with E-state index in [4.69, 9.17) is 10.5 Å². The predicted octanol–water partition coefficient (Wildman–Crippen LogP) is 1.79. The molecule has 0 bridgehead atoms. The van der Waals surface area contributed by atoms with Crippen LogP contribution in [-0.4, -0.2) is 32.7 Å².